The van der Waals surface area contributed by atoms with Gasteiger partial charge in [-0.1, -0.05) is 55.3 Å². The van der Waals surface area contributed by atoms with Crippen molar-refractivity contribution >= 4 is 11.9 Å². The summed E-state index contributed by atoms with van der Waals surface area (Å²) in [6.07, 6.45) is 1.72. The number of aryl methyl sites for hydroxylation is 2. The lowest BCUT2D eigenvalue weighted by atomic mass is 10.1. The molecule has 2 rings (SSSR count). The Labute approximate surface area is 198 Å². The maximum atomic E-state index is 12.0. The Morgan fingerprint density at radius 3 is 2.26 bits per heavy atom. The first kappa shape index (κ1) is 27.4. The van der Waals surface area contributed by atoms with Crippen LogP contribution in [0.25, 0.3) is 0 Å². The van der Waals surface area contributed by atoms with E-state index in [9.17, 15) is 22.8 Å². The maximum absolute atomic E-state index is 12.0. The Balaban J connectivity index is 1.50. The molecule has 186 valence electrons. The Morgan fingerprint density at radius 1 is 0.794 bits per heavy atom. The summed E-state index contributed by atoms with van der Waals surface area (Å²) < 4.78 is 45.7. The van der Waals surface area contributed by atoms with Gasteiger partial charge in [0.25, 0.3) is 0 Å². The van der Waals surface area contributed by atoms with Crippen molar-refractivity contribution in [1.82, 2.24) is 5.32 Å². The van der Waals surface area contributed by atoms with Gasteiger partial charge >= 0.3 is 18.1 Å². The van der Waals surface area contributed by atoms with Gasteiger partial charge in [0, 0.05) is 6.54 Å². The van der Waals surface area contributed by atoms with Gasteiger partial charge < -0.3 is 14.8 Å². The fraction of sp³-hybridized carbons (Fsp3) is 0.462. The molecule has 34 heavy (non-hydrogen) atoms. The van der Waals surface area contributed by atoms with Crippen LogP contribution in [0.2, 0.25) is 0 Å². The van der Waals surface area contributed by atoms with E-state index in [2.05, 4.69) is 34.3 Å². The van der Waals surface area contributed by atoms with Gasteiger partial charge in [0.1, 0.15) is 5.75 Å². The molecule has 8 heteroatoms. The molecule has 0 bridgehead atoms. The summed E-state index contributed by atoms with van der Waals surface area (Å²) in [7, 11) is 0. The van der Waals surface area contributed by atoms with Crippen molar-refractivity contribution in [3.05, 3.63) is 65.7 Å². The molecule has 0 saturated heterocycles. The van der Waals surface area contributed by atoms with Crippen LogP contribution in [0.5, 0.6) is 5.75 Å². The molecule has 0 fully saturated rings. The van der Waals surface area contributed by atoms with Crippen molar-refractivity contribution in [2.24, 2.45) is 0 Å². The molecule has 0 heterocycles. The second-order valence-corrected chi connectivity index (χ2v) is 8.01. The van der Waals surface area contributed by atoms with E-state index in [-0.39, 0.29) is 13.0 Å². The smallest absolute Gasteiger partial charge is 0.491 e. The van der Waals surface area contributed by atoms with Crippen LogP contribution in [-0.4, -0.2) is 37.8 Å². The number of esters is 2. The van der Waals surface area contributed by atoms with Crippen molar-refractivity contribution in [3.63, 3.8) is 0 Å². The molecule has 0 atom stereocenters. The molecule has 5 nitrogen and oxygen atoms in total. The minimum atomic E-state index is -5.16. The fourth-order valence-electron chi connectivity index (χ4n) is 3.36. The zero-order valence-corrected chi connectivity index (χ0v) is 19.2. The molecule has 1 N–H and O–H groups in total. The summed E-state index contributed by atoms with van der Waals surface area (Å²) in [5.41, 5.74) is 2.50. The number of halogens is 3. The molecule has 0 radical (unpaired) electrons. The summed E-state index contributed by atoms with van der Waals surface area (Å²) in [5, 5.41) is 2.96. The first-order valence-corrected chi connectivity index (χ1v) is 11.6. The molecule has 2 aromatic carbocycles. The largest absolute Gasteiger partial charge is 0.494 e. The summed E-state index contributed by atoms with van der Waals surface area (Å²) in [5.74, 6) is -2.84. The van der Waals surface area contributed by atoms with Crippen LogP contribution in [0.15, 0.2) is 54.6 Å². The molecule has 0 amide bonds. The van der Waals surface area contributed by atoms with E-state index in [0.29, 0.717) is 13.2 Å². The van der Waals surface area contributed by atoms with Crippen molar-refractivity contribution in [3.8, 4) is 5.75 Å². The van der Waals surface area contributed by atoms with Gasteiger partial charge in [-0.05, 0) is 61.9 Å². The van der Waals surface area contributed by atoms with Crippen molar-refractivity contribution < 1.29 is 32.2 Å². The standard InChI is InChI=1S/C26H32F3NO4/c27-26(28,29)25(32)34-24(31)16-18-30-17-9-14-22-13-8-15-23(20-22)33-19-7-2-1-4-10-21-11-5-3-6-12-21/h3,5-6,8,11-13,15,20,30H,1-2,4,7,9-10,14,16-19H2. The Morgan fingerprint density at radius 2 is 1.50 bits per heavy atom. The summed E-state index contributed by atoms with van der Waals surface area (Å²) >= 11 is 0. The van der Waals surface area contributed by atoms with E-state index in [1.165, 1.54) is 18.4 Å². The van der Waals surface area contributed by atoms with E-state index in [1.807, 2.05) is 30.3 Å². The van der Waals surface area contributed by atoms with Crippen LogP contribution in [-0.2, 0) is 27.2 Å². The number of rotatable bonds is 15. The number of ether oxygens (including phenoxy) is 2. The molecule has 0 aliphatic rings. The topological polar surface area (TPSA) is 64.6 Å². The fourth-order valence-corrected chi connectivity index (χ4v) is 3.36. The first-order valence-electron chi connectivity index (χ1n) is 11.6. The van der Waals surface area contributed by atoms with Crippen LogP contribution < -0.4 is 10.1 Å². The predicted molar refractivity (Wildman–Crippen MR) is 124 cm³/mol. The van der Waals surface area contributed by atoms with Gasteiger partial charge in [0.15, 0.2) is 0 Å². The van der Waals surface area contributed by atoms with Gasteiger partial charge in [-0.2, -0.15) is 13.2 Å². The number of unbranched alkanes of at least 4 members (excludes halogenated alkanes) is 3. The number of hydrogen-bond acceptors (Lipinski definition) is 5. The predicted octanol–water partition coefficient (Wildman–Crippen LogP) is 5.41. The van der Waals surface area contributed by atoms with Crippen molar-refractivity contribution in [1.29, 1.82) is 0 Å². The highest BCUT2D eigenvalue weighted by Crippen LogP contribution is 2.17. The second kappa shape index (κ2) is 15.1. The highest BCUT2D eigenvalue weighted by atomic mass is 19.4. The Bertz CT molecular complexity index is 872. The van der Waals surface area contributed by atoms with Gasteiger partial charge in [0.05, 0.1) is 13.0 Å². The molecular weight excluding hydrogens is 447 g/mol. The third-order valence-corrected chi connectivity index (χ3v) is 5.13. The molecular formula is C26H32F3NO4. The van der Waals surface area contributed by atoms with Crippen LogP contribution in [0, 0.1) is 0 Å². The van der Waals surface area contributed by atoms with E-state index in [1.54, 1.807) is 0 Å². The molecule has 2 aromatic rings. The Kier molecular flexibility index (Phi) is 12.2. The number of nitrogens with one attached hydrogen (secondary N) is 1. The van der Waals surface area contributed by atoms with Gasteiger partial charge in [-0.25, -0.2) is 4.79 Å². The normalized spacial score (nSPS) is 11.3. The molecule has 0 unspecified atom stereocenters. The number of hydrogen-bond donors (Lipinski definition) is 1. The van der Waals surface area contributed by atoms with Crippen LogP contribution in [0.1, 0.15) is 49.7 Å². The molecule has 0 saturated carbocycles. The minimum absolute atomic E-state index is 0.137. The van der Waals surface area contributed by atoms with Crippen LogP contribution in [0.4, 0.5) is 13.2 Å². The lowest BCUT2D eigenvalue weighted by Gasteiger charge is -2.09. The third kappa shape index (κ3) is 11.8. The highest BCUT2D eigenvalue weighted by molar-refractivity contribution is 5.88. The number of carbonyl (C=O) groups is 2. The summed E-state index contributed by atoms with van der Waals surface area (Å²) in [6, 6.07) is 18.4. The van der Waals surface area contributed by atoms with E-state index in [0.717, 1.165) is 43.4 Å². The molecule has 0 aliphatic heterocycles. The Hall–Kier alpha value is -2.87. The maximum Gasteiger partial charge on any atom is 0.491 e. The lowest BCUT2D eigenvalue weighted by Crippen LogP contribution is -2.29. The number of alkyl halides is 3. The van der Waals surface area contributed by atoms with E-state index >= 15 is 0 Å². The SMILES string of the molecule is O=C(CCNCCCc1cccc(OCCCCCCc2ccccc2)c1)OC(=O)C(F)(F)F. The van der Waals surface area contributed by atoms with Gasteiger partial charge in [0.2, 0.25) is 0 Å². The van der Waals surface area contributed by atoms with E-state index in [4.69, 9.17) is 4.74 Å². The van der Waals surface area contributed by atoms with Crippen molar-refractivity contribution in [2.75, 3.05) is 19.7 Å². The average Bonchev–Trinajstić information content (AvgIpc) is 2.81. The lowest BCUT2D eigenvalue weighted by molar-refractivity contribution is -0.201. The monoisotopic (exact) mass is 479 g/mol. The van der Waals surface area contributed by atoms with Gasteiger partial charge in [-0.15, -0.1) is 0 Å². The van der Waals surface area contributed by atoms with Crippen LogP contribution >= 0.6 is 0 Å². The molecule has 0 spiro atoms. The van der Waals surface area contributed by atoms with Crippen LogP contribution in [0.3, 0.4) is 0 Å². The first-order chi connectivity index (χ1) is 16.3. The molecule has 0 aliphatic carbocycles. The summed E-state index contributed by atoms with van der Waals surface area (Å²) in [6.45, 7) is 1.40. The third-order valence-electron chi connectivity index (χ3n) is 5.13. The quantitative estimate of drug-likeness (QED) is 0.210. The van der Waals surface area contributed by atoms with E-state index < -0.39 is 18.1 Å². The zero-order chi connectivity index (χ0) is 24.7. The zero-order valence-electron chi connectivity index (χ0n) is 19.2. The van der Waals surface area contributed by atoms with Crippen molar-refractivity contribution in [2.45, 2.75) is 57.5 Å². The number of benzene rings is 2. The number of carbonyl (C=O) groups excluding carboxylic acids is 2. The second-order valence-electron chi connectivity index (χ2n) is 8.01. The highest BCUT2D eigenvalue weighted by Gasteiger charge is 2.42. The minimum Gasteiger partial charge on any atom is -0.494 e. The van der Waals surface area contributed by atoms with Gasteiger partial charge in [-0.3, -0.25) is 4.79 Å². The molecule has 0 aromatic heterocycles. The average molecular weight is 480 g/mol. The summed E-state index contributed by atoms with van der Waals surface area (Å²) in [4.78, 5) is 21.8.